The first kappa shape index (κ1) is 55.8. The Kier molecular flexibility index (Phi) is 44.2. The van der Waals surface area contributed by atoms with E-state index in [0.717, 1.165) is 89.9 Å². The second kappa shape index (κ2) is 45.9. The average Bonchev–Trinajstić information content (AvgIpc) is 3.22. The number of unbranched alkanes of at least 4 members (excludes halogenated alkanes) is 24. The predicted molar refractivity (Wildman–Crippen MR) is 250 cm³/mol. The van der Waals surface area contributed by atoms with Crippen molar-refractivity contribution in [2.24, 2.45) is 0 Å². The number of ether oxygens (including phenoxy) is 1. The lowest BCUT2D eigenvalue weighted by atomic mass is 10.0. The molecule has 3 unspecified atom stereocenters. The van der Waals surface area contributed by atoms with Crippen molar-refractivity contribution in [2.45, 2.75) is 264 Å². The second-order valence-corrected chi connectivity index (χ2v) is 16.9. The third-order valence-corrected chi connectivity index (χ3v) is 11.1. The van der Waals surface area contributed by atoms with Gasteiger partial charge in [0.1, 0.15) is 6.10 Å². The lowest BCUT2D eigenvalue weighted by Crippen LogP contribution is -2.46. The lowest BCUT2D eigenvalue weighted by molar-refractivity contribution is -0.151. The molecular formula is C52H95NO5. The van der Waals surface area contributed by atoms with E-state index in [4.69, 9.17) is 4.74 Å². The molecule has 0 fully saturated rings. The molecule has 0 aliphatic carbocycles. The molecule has 0 aliphatic heterocycles. The Morgan fingerprint density at radius 2 is 0.879 bits per heavy atom. The quantitative estimate of drug-likeness (QED) is 0.0323. The van der Waals surface area contributed by atoms with E-state index in [1.54, 1.807) is 0 Å². The summed E-state index contributed by atoms with van der Waals surface area (Å²) in [5.74, 6) is -0.504. The summed E-state index contributed by atoms with van der Waals surface area (Å²) in [7, 11) is 0. The molecule has 0 aromatic carbocycles. The summed E-state index contributed by atoms with van der Waals surface area (Å²) in [5, 5.41) is 23.6. The summed E-state index contributed by atoms with van der Waals surface area (Å²) in [4.78, 5) is 26.0. The minimum atomic E-state index is -0.791. The zero-order valence-corrected chi connectivity index (χ0v) is 38.4. The number of esters is 1. The highest BCUT2D eigenvalue weighted by atomic mass is 16.5. The number of nitrogens with one attached hydrogen (secondary N) is 1. The first-order valence-corrected chi connectivity index (χ1v) is 24.9. The van der Waals surface area contributed by atoms with Gasteiger partial charge >= 0.3 is 5.97 Å². The molecule has 1 amide bonds. The van der Waals surface area contributed by atoms with E-state index < -0.39 is 18.2 Å². The molecule has 0 aromatic rings. The van der Waals surface area contributed by atoms with E-state index in [0.29, 0.717) is 19.3 Å². The highest BCUT2D eigenvalue weighted by Gasteiger charge is 2.24. The molecule has 3 atom stereocenters. The van der Waals surface area contributed by atoms with Crippen molar-refractivity contribution >= 4 is 11.9 Å². The van der Waals surface area contributed by atoms with Gasteiger partial charge in [-0.05, 0) is 89.9 Å². The first-order chi connectivity index (χ1) is 28.5. The number of allylic oxidation sites excluding steroid dienone is 8. The number of carbonyl (C=O) groups is 2. The summed E-state index contributed by atoms with van der Waals surface area (Å²) >= 11 is 0. The Morgan fingerprint density at radius 1 is 0.500 bits per heavy atom. The molecule has 338 valence electrons. The average molecular weight is 814 g/mol. The van der Waals surface area contributed by atoms with Gasteiger partial charge in [0.25, 0.3) is 0 Å². The van der Waals surface area contributed by atoms with Crippen LogP contribution in [0.4, 0.5) is 0 Å². The number of aliphatic hydroxyl groups is 2. The van der Waals surface area contributed by atoms with Crippen LogP contribution >= 0.6 is 0 Å². The van der Waals surface area contributed by atoms with Gasteiger partial charge in [-0.25, -0.2) is 0 Å². The molecule has 0 saturated carbocycles. The van der Waals surface area contributed by atoms with Crippen molar-refractivity contribution in [3.05, 3.63) is 48.6 Å². The minimum Gasteiger partial charge on any atom is -0.462 e. The fourth-order valence-electron chi connectivity index (χ4n) is 7.31. The van der Waals surface area contributed by atoms with Gasteiger partial charge in [-0.3, -0.25) is 9.59 Å². The highest BCUT2D eigenvalue weighted by Crippen LogP contribution is 2.17. The zero-order valence-electron chi connectivity index (χ0n) is 38.4. The normalized spacial score (nSPS) is 13.7. The molecule has 0 heterocycles. The predicted octanol–water partition coefficient (Wildman–Crippen LogP) is 14.7. The van der Waals surface area contributed by atoms with E-state index >= 15 is 0 Å². The van der Waals surface area contributed by atoms with Gasteiger partial charge in [-0.1, -0.05) is 191 Å². The maximum absolute atomic E-state index is 13.1. The topological polar surface area (TPSA) is 95.9 Å². The largest absolute Gasteiger partial charge is 0.462 e. The fraction of sp³-hybridized carbons (Fsp3) is 0.808. The van der Waals surface area contributed by atoms with Crippen LogP contribution in [0.3, 0.4) is 0 Å². The van der Waals surface area contributed by atoms with Gasteiger partial charge in [0.2, 0.25) is 5.91 Å². The van der Waals surface area contributed by atoms with Crippen LogP contribution in [0.15, 0.2) is 48.6 Å². The lowest BCUT2D eigenvalue weighted by Gasteiger charge is -2.24. The molecule has 58 heavy (non-hydrogen) atoms. The summed E-state index contributed by atoms with van der Waals surface area (Å²) in [6.07, 6.45) is 54.6. The molecule has 0 aliphatic rings. The first-order valence-electron chi connectivity index (χ1n) is 24.9. The number of aliphatic hydroxyl groups excluding tert-OH is 2. The number of carbonyl (C=O) groups excluding carboxylic acids is 2. The van der Waals surface area contributed by atoms with Gasteiger partial charge in [-0.15, -0.1) is 0 Å². The molecule has 6 heteroatoms. The molecular weight excluding hydrogens is 719 g/mol. The van der Waals surface area contributed by atoms with Crippen molar-refractivity contribution < 1.29 is 24.5 Å². The van der Waals surface area contributed by atoms with E-state index in [2.05, 4.69) is 74.7 Å². The Hall–Kier alpha value is -2.18. The van der Waals surface area contributed by atoms with Gasteiger partial charge in [0, 0.05) is 6.42 Å². The molecule has 0 aromatic heterocycles. The molecule has 0 bridgehead atoms. The van der Waals surface area contributed by atoms with Crippen LogP contribution < -0.4 is 5.32 Å². The Morgan fingerprint density at radius 3 is 1.40 bits per heavy atom. The molecule has 0 saturated heterocycles. The van der Waals surface area contributed by atoms with E-state index in [9.17, 15) is 19.8 Å². The van der Waals surface area contributed by atoms with Crippen LogP contribution in [-0.2, 0) is 14.3 Å². The fourth-order valence-corrected chi connectivity index (χ4v) is 7.31. The summed E-state index contributed by atoms with van der Waals surface area (Å²) < 4.78 is 5.90. The smallest absolute Gasteiger partial charge is 0.306 e. The van der Waals surface area contributed by atoms with Crippen molar-refractivity contribution in [1.29, 1.82) is 0 Å². The van der Waals surface area contributed by atoms with Crippen LogP contribution in [0.5, 0.6) is 0 Å². The summed E-state index contributed by atoms with van der Waals surface area (Å²) in [6, 6.07) is -0.706. The van der Waals surface area contributed by atoms with Gasteiger partial charge < -0.3 is 20.3 Å². The van der Waals surface area contributed by atoms with Gasteiger partial charge in [-0.2, -0.15) is 0 Å². The molecule has 0 radical (unpaired) electrons. The minimum absolute atomic E-state index is 0.0613. The summed E-state index contributed by atoms with van der Waals surface area (Å²) in [6.45, 7) is 6.40. The number of hydrogen-bond acceptors (Lipinski definition) is 5. The van der Waals surface area contributed by atoms with Crippen molar-refractivity contribution in [3.8, 4) is 0 Å². The Bertz CT molecular complexity index is 1000. The molecule has 6 nitrogen and oxygen atoms in total. The monoisotopic (exact) mass is 814 g/mol. The van der Waals surface area contributed by atoms with Crippen molar-refractivity contribution in [1.82, 2.24) is 5.32 Å². The molecule has 3 N–H and O–H groups in total. The van der Waals surface area contributed by atoms with Crippen LogP contribution in [0.1, 0.15) is 245 Å². The van der Waals surface area contributed by atoms with E-state index in [1.165, 1.54) is 109 Å². The molecule has 0 rings (SSSR count). The SMILES string of the molecule is CCCCC/C=C\C/C=C\C/C=C\CCCCCCCCC(=O)OC(CCCCC/C=C\CCCCC)CC(=O)NC(CO)C(O)CCCCCCCCCCCC. The number of hydrogen-bond donors (Lipinski definition) is 3. The maximum atomic E-state index is 13.1. The van der Waals surface area contributed by atoms with Crippen LogP contribution in [0.25, 0.3) is 0 Å². The highest BCUT2D eigenvalue weighted by molar-refractivity contribution is 5.77. The second-order valence-electron chi connectivity index (χ2n) is 16.9. The van der Waals surface area contributed by atoms with Crippen molar-refractivity contribution in [2.75, 3.05) is 6.61 Å². The van der Waals surface area contributed by atoms with Crippen LogP contribution in [0, 0.1) is 0 Å². The van der Waals surface area contributed by atoms with E-state index in [-0.39, 0.29) is 24.9 Å². The Balaban J connectivity index is 4.52. The zero-order chi connectivity index (χ0) is 42.4. The van der Waals surface area contributed by atoms with Gasteiger partial charge in [0.05, 0.1) is 25.2 Å². The standard InChI is InChI=1S/C52H95NO5/c1-4-7-10-13-16-19-22-23-24-25-26-27-28-29-30-33-36-39-42-45-52(57)58-48(43-40-37-34-31-20-17-14-11-8-5-2)46-51(56)53-49(47-54)50(55)44-41-38-35-32-21-18-15-12-9-6-3/h16-17,19-20,23-24,26-27,48-50,54-55H,4-15,18,21-22,25,28-47H2,1-3H3,(H,53,56)/b19-16-,20-17-,24-23-,27-26-. The maximum Gasteiger partial charge on any atom is 0.306 e. The number of amides is 1. The molecule has 0 spiro atoms. The number of rotatable bonds is 44. The summed E-state index contributed by atoms with van der Waals surface area (Å²) in [5.41, 5.74) is 0. The van der Waals surface area contributed by atoms with E-state index in [1.807, 2.05) is 0 Å². The van der Waals surface area contributed by atoms with Crippen LogP contribution in [0.2, 0.25) is 0 Å². The third kappa shape index (κ3) is 40.6. The Labute approximate surface area is 359 Å². The van der Waals surface area contributed by atoms with Gasteiger partial charge in [0.15, 0.2) is 0 Å². The van der Waals surface area contributed by atoms with Crippen LogP contribution in [-0.4, -0.2) is 46.9 Å². The third-order valence-electron chi connectivity index (χ3n) is 11.1. The van der Waals surface area contributed by atoms with Crippen molar-refractivity contribution in [3.63, 3.8) is 0 Å².